The molecule has 1 aliphatic heterocycles. The van der Waals surface area contributed by atoms with Gasteiger partial charge in [0.05, 0.1) is 25.2 Å². The topological polar surface area (TPSA) is 129 Å². The second-order valence-electron chi connectivity index (χ2n) is 8.60. The number of carbonyl (C=O) groups excluding carboxylic acids is 2. The van der Waals surface area contributed by atoms with Crippen molar-refractivity contribution in [2.75, 3.05) is 38.6 Å². The number of imidazole rings is 1. The number of piperazine rings is 1. The SMILES string of the molecule is CCOC(=O)Nc1nc2c(-c3ncccc3F)cc(-c3cnc(CN4CCN(C)C(=O)C4)nc3)cc2[nH]1. The lowest BCUT2D eigenvalue weighted by molar-refractivity contribution is -0.134. The number of nitrogens with zero attached hydrogens (tertiary/aromatic N) is 6. The lowest BCUT2D eigenvalue weighted by atomic mass is 10.0. The summed E-state index contributed by atoms with van der Waals surface area (Å²) in [5.74, 6) is 0.330. The summed E-state index contributed by atoms with van der Waals surface area (Å²) in [6.07, 6.45) is 4.23. The van der Waals surface area contributed by atoms with Crippen LogP contribution in [0.25, 0.3) is 33.4 Å². The van der Waals surface area contributed by atoms with Gasteiger partial charge in [-0.1, -0.05) is 0 Å². The van der Waals surface area contributed by atoms with Crippen molar-refractivity contribution in [3.8, 4) is 22.4 Å². The first kappa shape index (κ1) is 24.3. The molecule has 0 bridgehead atoms. The minimum atomic E-state index is -0.654. The molecule has 0 radical (unpaired) electrons. The highest BCUT2D eigenvalue weighted by Gasteiger charge is 2.22. The molecule has 2 amide bonds. The van der Waals surface area contributed by atoms with E-state index in [0.29, 0.717) is 53.2 Å². The molecule has 190 valence electrons. The Labute approximate surface area is 211 Å². The molecule has 12 heteroatoms. The average Bonchev–Trinajstić information content (AvgIpc) is 3.29. The van der Waals surface area contributed by atoms with Gasteiger partial charge in [-0.25, -0.2) is 24.1 Å². The van der Waals surface area contributed by atoms with Gasteiger partial charge in [-0.15, -0.1) is 0 Å². The van der Waals surface area contributed by atoms with E-state index in [1.54, 1.807) is 37.3 Å². The Morgan fingerprint density at radius 3 is 2.73 bits per heavy atom. The molecular weight excluding hydrogens is 479 g/mol. The Morgan fingerprint density at radius 1 is 1.19 bits per heavy atom. The first-order chi connectivity index (χ1) is 17.9. The molecule has 1 aromatic carbocycles. The van der Waals surface area contributed by atoms with Gasteiger partial charge in [-0.2, -0.15) is 0 Å². The molecule has 0 atom stereocenters. The number of rotatable bonds is 6. The molecule has 0 aliphatic carbocycles. The molecule has 5 rings (SSSR count). The number of aromatic nitrogens is 5. The van der Waals surface area contributed by atoms with Gasteiger partial charge < -0.3 is 14.6 Å². The van der Waals surface area contributed by atoms with Crippen LogP contribution in [-0.2, 0) is 16.1 Å². The Morgan fingerprint density at radius 2 is 2.00 bits per heavy atom. The van der Waals surface area contributed by atoms with E-state index < -0.39 is 11.9 Å². The average molecular weight is 505 g/mol. The van der Waals surface area contributed by atoms with Gasteiger partial charge in [-0.3, -0.25) is 20.0 Å². The number of H-pyrrole nitrogens is 1. The number of likely N-dealkylation sites (N-methyl/N-ethyl adjacent to an activating group) is 1. The number of hydrogen-bond donors (Lipinski definition) is 2. The molecule has 1 fully saturated rings. The van der Waals surface area contributed by atoms with Crippen LogP contribution in [0.3, 0.4) is 0 Å². The first-order valence-corrected chi connectivity index (χ1v) is 11.8. The fraction of sp³-hybridized carbons (Fsp3) is 0.280. The van der Waals surface area contributed by atoms with E-state index in [-0.39, 0.29) is 24.2 Å². The number of ether oxygens (including phenoxy) is 1. The second kappa shape index (κ2) is 10.3. The summed E-state index contributed by atoms with van der Waals surface area (Å²) in [6.45, 7) is 4.13. The summed E-state index contributed by atoms with van der Waals surface area (Å²) >= 11 is 0. The van der Waals surface area contributed by atoms with E-state index >= 15 is 0 Å². The summed E-state index contributed by atoms with van der Waals surface area (Å²) in [4.78, 5) is 48.3. The lowest BCUT2D eigenvalue weighted by Crippen LogP contribution is -2.48. The van der Waals surface area contributed by atoms with Crippen molar-refractivity contribution in [3.05, 3.63) is 54.5 Å². The van der Waals surface area contributed by atoms with Crippen molar-refractivity contribution in [3.63, 3.8) is 0 Å². The van der Waals surface area contributed by atoms with Crippen LogP contribution in [0, 0.1) is 5.82 Å². The number of aromatic amines is 1. The van der Waals surface area contributed by atoms with Crippen LogP contribution in [0.15, 0.2) is 42.9 Å². The molecule has 11 nitrogen and oxygen atoms in total. The van der Waals surface area contributed by atoms with Crippen molar-refractivity contribution in [1.29, 1.82) is 0 Å². The third kappa shape index (κ3) is 5.23. The van der Waals surface area contributed by atoms with Gasteiger partial charge in [0.25, 0.3) is 0 Å². The summed E-state index contributed by atoms with van der Waals surface area (Å²) in [6, 6.07) is 6.42. The Balaban J connectivity index is 1.48. The highest BCUT2D eigenvalue weighted by molar-refractivity contribution is 5.97. The van der Waals surface area contributed by atoms with Crippen LogP contribution in [0.2, 0.25) is 0 Å². The molecule has 0 spiro atoms. The summed E-state index contributed by atoms with van der Waals surface area (Å²) in [7, 11) is 1.79. The number of pyridine rings is 1. The number of benzene rings is 1. The van der Waals surface area contributed by atoms with Gasteiger partial charge in [0.15, 0.2) is 0 Å². The molecule has 1 saturated heterocycles. The van der Waals surface area contributed by atoms with Crippen LogP contribution >= 0.6 is 0 Å². The van der Waals surface area contributed by atoms with Crippen LogP contribution < -0.4 is 5.32 Å². The fourth-order valence-electron chi connectivity index (χ4n) is 4.10. The number of fused-ring (bicyclic) bond motifs is 1. The maximum absolute atomic E-state index is 14.7. The maximum atomic E-state index is 14.7. The van der Waals surface area contributed by atoms with E-state index in [2.05, 4.69) is 30.2 Å². The van der Waals surface area contributed by atoms with Gasteiger partial charge in [0.1, 0.15) is 22.9 Å². The van der Waals surface area contributed by atoms with E-state index in [4.69, 9.17) is 4.74 Å². The highest BCUT2D eigenvalue weighted by Crippen LogP contribution is 2.33. The molecule has 4 aromatic rings. The van der Waals surface area contributed by atoms with Crippen molar-refractivity contribution in [2.45, 2.75) is 13.5 Å². The fourth-order valence-corrected chi connectivity index (χ4v) is 4.10. The summed E-state index contributed by atoms with van der Waals surface area (Å²) in [5, 5.41) is 2.54. The molecule has 0 unspecified atom stereocenters. The molecule has 3 aromatic heterocycles. The zero-order chi connectivity index (χ0) is 25.9. The van der Waals surface area contributed by atoms with Crippen LogP contribution in [-0.4, -0.2) is 80.0 Å². The van der Waals surface area contributed by atoms with Crippen molar-refractivity contribution in [2.24, 2.45) is 0 Å². The number of anilines is 1. The normalized spacial score (nSPS) is 14.2. The Kier molecular flexibility index (Phi) is 6.73. The molecule has 0 saturated carbocycles. The predicted molar refractivity (Wildman–Crippen MR) is 134 cm³/mol. The quantitative estimate of drug-likeness (QED) is 0.410. The molecular formula is C25H25FN8O3. The number of hydrogen-bond acceptors (Lipinski definition) is 8. The van der Waals surface area contributed by atoms with E-state index in [0.717, 1.165) is 6.54 Å². The summed E-state index contributed by atoms with van der Waals surface area (Å²) < 4.78 is 19.7. The Bertz CT molecular complexity index is 1460. The smallest absolute Gasteiger partial charge is 0.413 e. The van der Waals surface area contributed by atoms with E-state index in [9.17, 15) is 14.0 Å². The highest BCUT2D eigenvalue weighted by atomic mass is 19.1. The maximum Gasteiger partial charge on any atom is 0.413 e. The molecule has 4 heterocycles. The van der Waals surface area contributed by atoms with Crippen LogP contribution in [0.1, 0.15) is 12.7 Å². The van der Waals surface area contributed by atoms with Gasteiger partial charge in [-0.05, 0) is 36.8 Å². The minimum Gasteiger partial charge on any atom is -0.450 e. The standard InChI is InChI=1S/C25H25FN8O3/c1-3-37-25(36)32-24-30-19-10-15(9-17(23(19)31-24)22-18(26)5-4-6-27-22)16-11-28-20(29-12-16)13-34-8-7-33(2)21(35)14-34/h4-6,9-12H,3,7-8,13-14H2,1-2H3,(H2,30,31,32,36). The summed E-state index contributed by atoms with van der Waals surface area (Å²) in [5.41, 5.74) is 2.97. The lowest BCUT2D eigenvalue weighted by Gasteiger charge is -2.31. The molecule has 1 aliphatic rings. The third-order valence-electron chi connectivity index (χ3n) is 6.04. The van der Waals surface area contributed by atoms with E-state index in [1.807, 2.05) is 11.0 Å². The minimum absolute atomic E-state index is 0.0711. The van der Waals surface area contributed by atoms with Gasteiger partial charge >= 0.3 is 6.09 Å². The van der Waals surface area contributed by atoms with E-state index in [1.165, 1.54) is 18.3 Å². The number of amides is 2. The van der Waals surface area contributed by atoms with Gasteiger partial charge in [0.2, 0.25) is 11.9 Å². The van der Waals surface area contributed by atoms with Crippen LogP contribution in [0.5, 0.6) is 0 Å². The van der Waals surface area contributed by atoms with Crippen LogP contribution in [0.4, 0.5) is 15.1 Å². The third-order valence-corrected chi connectivity index (χ3v) is 6.04. The number of carbonyl (C=O) groups is 2. The second-order valence-corrected chi connectivity index (χ2v) is 8.60. The molecule has 37 heavy (non-hydrogen) atoms. The zero-order valence-corrected chi connectivity index (χ0v) is 20.4. The molecule has 2 N–H and O–H groups in total. The predicted octanol–water partition coefficient (Wildman–Crippen LogP) is 3.06. The van der Waals surface area contributed by atoms with Gasteiger partial charge in [0, 0.05) is 49.9 Å². The number of halogens is 1. The monoisotopic (exact) mass is 504 g/mol. The van der Waals surface area contributed by atoms with Crippen molar-refractivity contribution >= 4 is 29.0 Å². The largest absolute Gasteiger partial charge is 0.450 e. The van der Waals surface area contributed by atoms with Crippen molar-refractivity contribution in [1.82, 2.24) is 34.7 Å². The van der Waals surface area contributed by atoms with Crippen molar-refractivity contribution < 1.29 is 18.7 Å². The number of nitrogens with one attached hydrogen (secondary N) is 2. The Hall–Kier alpha value is -4.45. The zero-order valence-electron chi connectivity index (χ0n) is 20.4. The first-order valence-electron chi connectivity index (χ1n) is 11.8.